The maximum absolute atomic E-state index is 6.34. The van der Waals surface area contributed by atoms with E-state index in [0.29, 0.717) is 0 Å². The van der Waals surface area contributed by atoms with Gasteiger partial charge in [0.2, 0.25) is 0 Å². The van der Waals surface area contributed by atoms with Crippen molar-refractivity contribution in [1.29, 1.82) is 0 Å². The first-order valence-electron chi connectivity index (χ1n) is 31.8. The van der Waals surface area contributed by atoms with E-state index >= 15 is 0 Å². The van der Waals surface area contributed by atoms with Crippen molar-refractivity contribution in [2.45, 2.75) is 19.3 Å². The third-order valence-electron chi connectivity index (χ3n) is 19.8. The molecular formula is C87H58N4O. The molecule has 0 atom stereocenters. The monoisotopic (exact) mass is 1170 g/mol. The van der Waals surface area contributed by atoms with E-state index in [9.17, 15) is 0 Å². The van der Waals surface area contributed by atoms with Crippen LogP contribution in [-0.2, 0) is 5.41 Å². The number of aromatic nitrogens is 4. The molecule has 5 heteroatoms. The summed E-state index contributed by atoms with van der Waals surface area (Å²) in [6.45, 7) is 4.73. The summed E-state index contributed by atoms with van der Waals surface area (Å²) >= 11 is 0. The minimum Gasteiger partial charge on any atom is -0.456 e. The molecule has 0 radical (unpaired) electrons. The first kappa shape index (κ1) is 52.1. The number of benzene rings is 14. The van der Waals surface area contributed by atoms with Crippen LogP contribution in [0.15, 0.2) is 320 Å². The number of nitrogens with zero attached hydrogens (tertiary/aromatic N) is 4. The molecular weight excluding hydrogens is 1120 g/mol. The highest BCUT2D eigenvalue weighted by molar-refractivity contribution is 6.19. The van der Waals surface area contributed by atoms with Crippen molar-refractivity contribution in [3.8, 4) is 56.1 Å². The van der Waals surface area contributed by atoms with Crippen LogP contribution in [0.3, 0.4) is 0 Å². The first-order valence-corrected chi connectivity index (χ1v) is 31.8. The lowest BCUT2D eigenvalue weighted by molar-refractivity contribution is 0.661. The minimum atomic E-state index is -0.0579. The van der Waals surface area contributed by atoms with E-state index in [0.717, 1.165) is 33.1 Å². The summed E-state index contributed by atoms with van der Waals surface area (Å²) in [4.78, 5) is 0. The summed E-state index contributed by atoms with van der Waals surface area (Å²) in [5.74, 6) is 0. The fourth-order valence-electron chi connectivity index (χ4n) is 15.5. The maximum Gasteiger partial charge on any atom is 0.137 e. The molecule has 5 nitrogen and oxygen atoms in total. The number of para-hydroxylation sites is 7. The number of furan rings is 1. The van der Waals surface area contributed by atoms with E-state index in [2.05, 4.69) is 335 Å². The highest BCUT2D eigenvalue weighted by atomic mass is 16.3. The second-order valence-corrected chi connectivity index (χ2v) is 25.2. The molecule has 0 N–H and O–H groups in total. The van der Waals surface area contributed by atoms with Gasteiger partial charge in [0.1, 0.15) is 11.2 Å². The van der Waals surface area contributed by atoms with Crippen molar-refractivity contribution < 1.29 is 4.42 Å². The molecule has 0 aliphatic heterocycles. The standard InChI is InChI=1S/C45H32N2.C42H26N2O/c1-45(2)39-19-11-9-17-33(39)35-27-38-37-26-30(22-24-43(37)47(44(38)28-40(35)45)32-15-7-4-8-16-32)29-21-23-42-36(25-29)34-18-10-12-20-41(34)46(42)31-13-5-3-6-14-31;1-3-11-29(12-4-1)43-37-17-9-7-15-31(37)33-23-27(19-21-38(33)43)28-20-22-39-34(24-28)35-25-36-32-16-8-10-18-41(32)45-42(36)26-40(35)44(39)30-13-5-2-6-14-30/h3-28H,1-2H3;1-26H. The zero-order chi connectivity index (χ0) is 60.8. The van der Waals surface area contributed by atoms with Crippen molar-refractivity contribution in [1.82, 2.24) is 18.3 Å². The van der Waals surface area contributed by atoms with E-state index in [1.54, 1.807) is 0 Å². The van der Waals surface area contributed by atoms with E-state index in [1.165, 1.54) is 143 Å². The van der Waals surface area contributed by atoms with Crippen LogP contribution >= 0.6 is 0 Å². The zero-order valence-electron chi connectivity index (χ0n) is 50.7. The molecule has 0 saturated heterocycles. The Kier molecular flexibility index (Phi) is 11.3. The molecule has 14 aromatic carbocycles. The van der Waals surface area contributed by atoms with Gasteiger partial charge in [-0.1, -0.05) is 190 Å². The summed E-state index contributed by atoms with van der Waals surface area (Å²) in [5, 5.41) is 12.4. The molecule has 5 aromatic heterocycles. The smallest absolute Gasteiger partial charge is 0.137 e. The summed E-state index contributed by atoms with van der Waals surface area (Å²) in [6.07, 6.45) is 0. The molecule has 0 unspecified atom stereocenters. The normalized spacial score (nSPS) is 12.8. The molecule has 19 aromatic rings. The largest absolute Gasteiger partial charge is 0.456 e. The van der Waals surface area contributed by atoms with Crippen molar-refractivity contribution in [3.63, 3.8) is 0 Å². The highest BCUT2D eigenvalue weighted by Crippen LogP contribution is 2.52. The number of hydrogen-bond donors (Lipinski definition) is 0. The fourth-order valence-corrected chi connectivity index (χ4v) is 15.5. The van der Waals surface area contributed by atoms with Gasteiger partial charge in [-0.25, -0.2) is 0 Å². The Labute approximate surface area is 530 Å². The number of hydrogen-bond acceptors (Lipinski definition) is 1. The average Bonchev–Trinajstić information content (AvgIpc) is 1.56. The van der Waals surface area contributed by atoms with Gasteiger partial charge in [0, 0.05) is 88.1 Å². The maximum atomic E-state index is 6.34. The molecule has 0 amide bonds. The van der Waals surface area contributed by atoms with Gasteiger partial charge < -0.3 is 22.7 Å². The fraction of sp³-hybridized carbons (Fsp3) is 0.0345. The highest BCUT2D eigenvalue weighted by Gasteiger charge is 2.36. The summed E-state index contributed by atoms with van der Waals surface area (Å²) in [6, 6.07) is 115. The van der Waals surface area contributed by atoms with Crippen LogP contribution in [0.5, 0.6) is 0 Å². The quantitative estimate of drug-likeness (QED) is 0.163. The third kappa shape index (κ3) is 7.79. The van der Waals surface area contributed by atoms with E-state index < -0.39 is 0 Å². The van der Waals surface area contributed by atoms with Gasteiger partial charge in [0.25, 0.3) is 0 Å². The SMILES string of the molecule is CC1(C)c2ccccc2-c2cc3c4cc(-c5ccc6c(c5)c5ccccc5n6-c5ccccc5)ccc4n(-c4ccccc4)c3cc21.c1ccc(-n2c3ccccc3c3cc(-c4ccc5c(c4)c4cc6c(cc4n5-c4ccccc4)oc4ccccc46)ccc32)cc1. The minimum absolute atomic E-state index is 0.0579. The van der Waals surface area contributed by atoms with Crippen molar-refractivity contribution in [2.75, 3.05) is 0 Å². The van der Waals surface area contributed by atoms with Crippen LogP contribution in [0.1, 0.15) is 25.0 Å². The van der Waals surface area contributed by atoms with E-state index in [4.69, 9.17) is 4.42 Å². The van der Waals surface area contributed by atoms with Crippen molar-refractivity contribution in [3.05, 3.63) is 327 Å². The van der Waals surface area contributed by atoms with Gasteiger partial charge in [0.05, 0.1) is 44.1 Å². The van der Waals surface area contributed by atoms with Crippen LogP contribution in [0.2, 0.25) is 0 Å². The van der Waals surface area contributed by atoms with Crippen LogP contribution in [0.25, 0.3) is 165 Å². The molecule has 0 spiro atoms. The van der Waals surface area contributed by atoms with Gasteiger partial charge >= 0.3 is 0 Å². The van der Waals surface area contributed by atoms with Gasteiger partial charge in [-0.05, 0) is 178 Å². The molecule has 1 aliphatic carbocycles. The lowest BCUT2D eigenvalue weighted by atomic mass is 9.82. The first-order chi connectivity index (χ1) is 45.4. The Morgan fingerprint density at radius 3 is 1.04 bits per heavy atom. The lowest BCUT2D eigenvalue weighted by Gasteiger charge is -2.21. The van der Waals surface area contributed by atoms with Gasteiger partial charge in [-0.2, -0.15) is 0 Å². The Hall–Kier alpha value is -11.9. The van der Waals surface area contributed by atoms with Gasteiger partial charge in [0.15, 0.2) is 0 Å². The average molecular weight is 1180 g/mol. The molecule has 92 heavy (non-hydrogen) atoms. The molecule has 0 saturated carbocycles. The topological polar surface area (TPSA) is 32.9 Å². The van der Waals surface area contributed by atoms with E-state index in [-0.39, 0.29) is 5.41 Å². The van der Waals surface area contributed by atoms with Crippen LogP contribution < -0.4 is 0 Å². The van der Waals surface area contributed by atoms with Crippen LogP contribution in [0, 0.1) is 0 Å². The molecule has 0 fully saturated rings. The predicted molar refractivity (Wildman–Crippen MR) is 386 cm³/mol. The van der Waals surface area contributed by atoms with Crippen molar-refractivity contribution >= 4 is 109 Å². The second-order valence-electron chi connectivity index (χ2n) is 25.2. The van der Waals surface area contributed by atoms with Crippen LogP contribution in [0.4, 0.5) is 0 Å². The van der Waals surface area contributed by atoms with Crippen LogP contribution in [-0.4, -0.2) is 18.3 Å². The number of rotatable bonds is 6. The summed E-state index contributed by atoms with van der Waals surface area (Å²) in [7, 11) is 0. The summed E-state index contributed by atoms with van der Waals surface area (Å²) < 4.78 is 15.9. The molecule has 5 heterocycles. The zero-order valence-corrected chi connectivity index (χ0v) is 50.7. The Bertz CT molecular complexity index is 6200. The van der Waals surface area contributed by atoms with Gasteiger partial charge in [-0.3, -0.25) is 0 Å². The molecule has 20 rings (SSSR count). The molecule has 0 bridgehead atoms. The lowest BCUT2D eigenvalue weighted by Crippen LogP contribution is -2.14. The number of fused-ring (bicyclic) bond motifs is 18. The Balaban J connectivity index is 0.000000132. The molecule has 432 valence electrons. The van der Waals surface area contributed by atoms with Crippen molar-refractivity contribution in [2.24, 2.45) is 0 Å². The predicted octanol–water partition coefficient (Wildman–Crippen LogP) is 23.3. The van der Waals surface area contributed by atoms with Gasteiger partial charge in [-0.15, -0.1) is 0 Å². The second kappa shape index (κ2) is 20.0. The third-order valence-corrected chi connectivity index (χ3v) is 19.8. The Morgan fingerprint density at radius 2 is 0.565 bits per heavy atom. The summed E-state index contributed by atoms with van der Waals surface area (Å²) in [5.41, 5.74) is 26.5. The van der Waals surface area contributed by atoms with E-state index in [1.807, 2.05) is 12.1 Å². The Morgan fingerprint density at radius 1 is 0.217 bits per heavy atom. The molecule has 1 aliphatic rings.